The number of hydrazine groups is 1. The summed E-state index contributed by atoms with van der Waals surface area (Å²) in [4.78, 5) is 42.7. The Morgan fingerprint density at radius 2 is 1.49 bits per heavy atom. The Balaban J connectivity index is 1.90. The number of aliphatic hydroxyl groups excluding tert-OH is 1. The molecule has 12 nitrogen and oxygen atoms in total. The molecule has 6 N–H and O–H groups in total. The minimum Gasteiger partial charge on any atom is -0.480 e. The molecule has 0 bridgehead atoms. The van der Waals surface area contributed by atoms with Crippen molar-refractivity contribution in [1.29, 1.82) is 0 Å². The lowest BCUT2D eigenvalue weighted by molar-refractivity contribution is -0.525. The Hall–Kier alpha value is -4.81. The van der Waals surface area contributed by atoms with Crippen LogP contribution in [0.25, 0.3) is 0 Å². The molecule has 0 saturated heterocycles. The lowest BCUT2D eigenvalue weighted by Gasteiger charge is -2.32. The molecule has 3 aromatic rings. The molecule has 0 spiro atoms. The van der Waals surface area contributed by atoms with E-state index in [1.807, 2.05) is 47.4 Å². The highest BCUT2D eigenvalue weighted by Gasteiger charge is 2.31. The van der Waals surface area contributed by atoms with E-state index in [1.165, 1.54) is 0 Å². The molecule has 1 amide bonds. The first kappa shape index (κ1) is 30.7. The van der Waals surface area contributed by atoms with Crippen LogP contribution in [0.4, 0.5) is 0 Å². The number of amides is 1. The van der Waals surface area contributed by atoms with E-state index in [2.05, 4.69) is 10.3 Å². The molecule has 0 aliphatic carbocycles. The van der Waals surface area contributed by atoms with Gasteiger partial charge in [0.1, 0.15) is 6.04 Å². The van der Waals surface area contributed by atoms with E-state index in [0.29, 0.717) is 17.7 Å². The third-order valence-corrected chi connectivity index (χ3v) is 6.46. The minimum absolute atomic E-state index is 0.112. The first-order valence-electron chi connectivity index (χ1n) is 13.0. The third-order valence-electron chi connectivity index (χ3n) is 6.46. The van der Waals surface area contributed by atoms with Crippen molar-refractivity contribution >= 4 is 17.8 Å². The summed E-state index contributed by atoms with van der Waals surface area (Å²) < 4.78 is 0. The van der Waals surface area contributed by atoms with Crippen molar-refractivity contribution in [3.8, 4) is 0 Å². The van der Waals surface area contributed by atoms with Gasteiger partial charge in [-0.2, -0.15) is 0 Å². The molecule has 12 heteroatoms. The zero-order valence-corrected chi connectivity index (χ0v) is 22.4. The van der Waals surface area contributed by atoms with Crippen molar-refractivity contribution in [2.75, 3.05) is 19.7 Å². The maximum atomic E-state index is 13.7. The largest absolute Gasteiger partial charge is 0.480 e. The summed E-state index contributed by atoms with van der Waals surface area (Å²) in [5.41, 5.74) is 9.71. The predicted octanol–water partition coefficient (Wildman–Crippen LogP) is 1.74. The number of hydrogen-bond donors (Lipinski definition) is 5. The molecule has 0 aliphatic heterocycles. The van der Waals surface area contributed by atoms with Crippen molar-refractivity contribution in [2.24, 2.45) is 10.7 Å². The fourth-order valence-corrected chi connectivity index (χ4v) is 4.54. The van der Waals surface area contributed by atoms with Crippen LogP contribution in [0.5, 0.6) is 0 Å². The van der Waals surface area contributed by atoms with Crippen LogP contribution in [0.15, 0.2) is 96.0 Å². The predicted molar refractivity (Wildman–Crippen MR) is 153 cm³/mol. The van der Waals surface area contributed by atoms with Gasteiger partial charge in [0.25, 0.3) is 5.96 Å². The summed E-state index contributed by atoms with van der Waals surface area (Å²) in [5.74, 6) is -2.96. The average Bonchev–Trinajstić information content (AvgIpc) is 2.96. The molecular weight excluding hydrogens is 528 g/mol. The number of carboxylic acid groups (broad SMARTS) is 1. The summed E-state index contributed by atoms with van der Waals surface area (Å²) in [7, 11) is 0. The smallest absolute Gasteiger partial charge is 0.326 e. The number of nitrogens with two attached hydrogens (primary N) is 1. The lowest BCUT2D eigenvalue weighted by Crippen LogP contribution is -2.49. The van der Waals surface area contributed by atoms with Crippen LogP contribution in [0.2, 0.25) is 0 Å². The fraction of sp³-hybridized carbons (Fsp3) is 0.276. The lowest BCUT2D eigenvalue weighted by atomic mass is 9.90. The van der Waals surface area contributed by atoms with E-state index < -0.39 is 40.9 Å². The Bertz CT molecular complexity index is 1250. The topological polar surface area (TPSA) is 183 Å². The van der Waals surface area contributed by atoms with Crippen molar-refractivity contribution in [1.82, 2.24) is 15.6 Å². The first-order chi connectivity index (χ1) is 19.8. The molecule has 0 saturated carbocycles. The number of aliphatic carboxylic acids is 1. The molecule has 0 heterocycles. The standard InChI is InChI=1S/C29H34N6O6/c30-29(33-35(40)41)31-19-24(34(16-17-36)20-21-10-4-1-5-11-21)18-25(28(38)39)32-27(37)26(22-12-6-2-7-13-22)23-14-8-3-9-15-23/h1-15,24-26,36H,16-20H2,(H,32,37)(H,38,39)(H3,30,31,33)/t24?,25-/m1/s1. The molecule has 41 heavy (non-hydrogen) atoms. The van der Waals surface area contributed by atoms with Crippen molar-refractivity contribution in [3.05, 3.63) is 118 Å². The normalized spacial score (nSPS) is 13.0. The Labute approximate surface area is 237 Å². The van der Waals surface area contributed by atoms with E-state index in [9.17, 15) is 29.9 Å². The van der Waals surface area contributed by atoms with E-state index >= 15 is 0 Å². The maximum absolute atomic E-state index is 13.7. The quantitative estimate of drug-likeness (QED) is 0.0797. The molecule has 2 atom stereocenters. The Morgan fingerprint density at radius 3 is 1.98 bits per heavy atom. The van der Waals surface area contributed by atoms with E-state index in [1.54, 1.807) is 54.0 Å². The number of benzene rings is 3. The van der Waals surface area contributed by atoms with Crippen LogP contribution in [0.1, 0.15) is 29.0 Å². The van der Waals surface area contributed by atoms with Crippen LogP contribution in [0.3, 0.4) is 0 Å². The van der Waals surface area contributed by atoms with Gasteiger partial charge in [0, 0.05) is 19.1 Å². The van der Waals surface area contributed by atoms with Gasteiger partial charge in [0.2, 0.25) is 5.91 Å². The summed E-state index contributed by atoms with van der Waals surface area (Å²) in [6.45, 7) is 0.138. The average molecular weight is 563 g/mol. The number of nitrogens with zero attached hydrogens (tertiary/aromatic N) is 3. The second-order valence-corrected chi connectivity index (χ2v) is 9.32. The second kappa shape index (κ2) is 15.7. The molecule has 3 aromatic carbocycles. The molecular formula is C29H34N6O6. The highest BCUT2D eigenvalue weighted by molar-refractivity contribution is 5.90. The number of carboxylic acids is 1. The van der Waals surface area contributed by atoms with Crippen LogP contribution in [-0.2, 0) is 16.1 Å². The number of nitro groups is 1. The zero-order chi connectivity index (χ0) is 29.6. The fourth-order valence-electron chi connectivity index (χ4n) is 4.54. The van der Waals surface area contributed by atoms with Gasteiger partial charge in [-0.25, -0.2) is 19.9 Å². The summed E-state index contributed by atoms with van der Waals surface area (Å²) in [6.07, 6.45) is -0.112. The van der Waals surface area contributed by atoms with Gasteiger partial charge in [0.05, 0.1) is 19.1 Å². The molecule has 0 fully saturated rings. The monoisotopic (exact) mass is 562 g/mol. The number of aliphatic imine (C=N–C) groups is 1. The van der Waals surface area contributed by atoms with E-state index in [4.69, 9.17) is 5.73 Å². The highest BCUT2D eigenvalue weighted by Crippen LogP contribution is 2.25. The molecule has 216 valence electrons. The van der Waals surface area contributed by atoms with Gasteiger partial charge in [-0.05, 0) is 23.1 Å². The van der Waals surface area contributed by atoms with Gasteiger partial charge < -0.3 is 21.3 Å². The number of carbonyl (C=O) groups is 2. The number of hydrogen-bond acceptors (Lipinski definition) is 7. The van der Waals surface area contributed by atoms with Gasteiger partial charge in [-0.1, -0.05) is 96.4 Å². The zero-order valence-electron chi connectivity index (χ0n) is 22.4. The van der Waals surface area contributed by atoms with Crippen LogP contribution >= 0.6 is 0 Å². The van der Waals surface area contributed by atoms with Crippen molar-refractivity contribution in [3.63, 3.8) is 0 Å². The number of aliphatic hydroxyl groups is 1. The van der Waals surface area contributed by atoms with Gasteiger partial charge in [0.15, 0.2) is 5.03 Å². The molecule has 3 rings (SSSR count). The number of guanidine groups is 1. The Morgan fingerprint density at radius 1 is 0.951 bits per heavy atom. The van der Waals surface area contributed by atoms with Crippen LogP contribution in [0, 0.1) is 10.1 Å². The van der Waals surface area contributed by atoms with Crippen LogP contribution < -0.4 is 16.5 Å². The number of carbonyl (C=O) groups excluding carboxylic acids is 1. The third kappa shape index (κ3) is 9.71. The SMILES string of the molecule is NC(=NCC(C[C@@H](NC(=O)C(c1ccccc1)c1ccccc1)C(=O)O)N(CCO)Cc1ccccc1)N[N+](=O)[O-]. The highest BCUT2D eigenvalue weighted by atomic mass is 16.7. The van der Waals surface area contributed by atoms with Crippen LogP contribution in [-0.4, -0.2) is 69.8 Å². The summed E-state index contributed by atoms with van der Waals surface area (Å²) in [5, 5.41) is 32.6. The molecule has 0 aliphatic rings. The summed E-state index contributed by atoms with van der Waals surface area (Å²) in [6, 6.07) is 25.4. The van der Waals surface area contributed by atoms with Gasteiger partial charge in [-0.3, -0.25) is 9.69 Å². The molecule has 0 aromatic heterocycles. The second-order valence-electron chi connectivity index (χ2n) is 9.32. The number of nitrogens with one attached hydrogen (secondary N) is 2. The van der Waals surface area contributed by atoms with Crippen molar-refractivity contribution in [2.45, 2.75) is 31.0 Å². The maximum Gasteiger partial charge on any atom is 0.326 e. The van der Waals surface area contributed by atoms with Gasteiger partial charge >= 0.3 is 5.97 Å². The molecule has 0 radical (unpaired) electrons. The van der Waals surface area contributed by atoms with E-state index in [0.717, 1.165) is 5.56 Å². The molecule has 1 unspecified atom stereocenters. The number of rotatable bonds is 15. The minimum atomic E-state index is -1.33. The first-order valence-corrected chi connectivity index (χ1v) is 13.0. The van der Waals surface area contributed by atoms with E-state index in [-0.39, 0.29) is 26.1 Å². The Kier molecular flexibility index (Phi) is 11.8. The van der Waals surface area contributed by atoms with Crippen molar-refractivity contribution < 1.29 is 24.8 Å². The van der Waals surface area contributed by atoms with Gasteiger partial charge in [-0.15, -0.1) is 0 Å². The summed E-state index contributed by atoms with van der Waals surface area (Å²) >= 11 is 0.